The molecule has 0 spiro atoms. The maximum absolute atomic E-state index is 12.6. The molecule has 1 heterocycles. The number of rotatable bonds is 6. The summed E-state index contributed by atoms with van der Waals surface area (Å²) in [6.45, 7) is 0.488. The van der Waals surface area contributed by atoms with Crippen LogP contribution in [-0.4, -0.2) is 18.2 Å². The first-order chi connectivity index (χ1) is 12.1. The van der Waals surface area contributed by atoms with Gasteiger partial charge in [0, 0.05) is 17.1 Å². The van der Waals surface area contributed by atoms with Crippen molar-refractivity contribution in [3.8, 4) is 0 Å². The zero-order valence-corrected chi connectivity index (χ0v) is 14.9. The molecule has 2 aromatic carbocycles. The molecule has 0 fully saturated rings. The number of benzene rings is 2. The molecule has 1 N–H and O–H groups in total. The van der Waals surface area contributed by atoms with Crippen LogP contribution in [0.1, 0.15) is 31.2 Å². The number of ketones is 1. The highest BCUT2D eigenvalue weighted by Gasteiger charge is 2.18. The van der Waals surface area contributed by atoms with E-state index in [2.05, 4.69) is 5.32 Å². The van der Waals surface area contributed by atoms with Crippen LogP contribution in [0.15, 0.2) is 66.0 Å². The monoisotopic (exact) mass is 369 g/mol. The van der Waals surface area contributed by atoms with Crippen LogP contribution in [0.25, 0.3) is 0 Å². The third kappa shape index (κ3) is 4.35. The fraction of sp³-hybridized carbons (Fsp3) is 0.100. The Morgan fingerprint density at radius 3 is 2.32 bits per heavy atom. The smallest absolute Gasteiger partial charge is 0.252 e. The number of halogens is 1. The van der Waals surface area contributed by atoms with Crippen LogP contribution >= 0.6 is 22.9 Å². The van der Waals surface area contributed by atoms with Crippen molar-refractivity contribution in [3.05, 3.63) is 92.6 Å². The van der Waals surface area contributed by atoms with Crippen LogP contribution in [-0.2, 0) is 6.42 Å². The molecular weight excluding hydrogens is 354 g/mol. The van der Waals surface area contributed by atoms with E-state index in [1.807, 2.05) is 35.7 Å². The Bertz CT molecular complexity index is 873. The number of carbonyl (C=O) groups excluding carboxylic acids is 2. The molecule has 0 aliphatic rings. The Morgan fingerprint density at radius 2 is 1.64 bits per heavy atom. The number of thiophene rings is 1. The quantitative estimate of drug-likeness (QED) is 0.645. The summed E-state index contributed by atoms with van der Waals surface area (Å²) in [5.41, 5.74) is 1.92. The molecule has 25 heavy (non-hydrogen) atoms. The van der Waals surface area contributed by atoms with Gasteiger partial charge in [-0.25, -0.2) is 0 Å². The van der Waals surface area contributed by atoms with Gasteiger partial charge < -0.3 is 5.32 Å². The summed E-state index contributed by atoms with van der Waals surface area (Å²) >= 11 is 7.24. The van der Waals surface area contributed by atoms with Crippen molar-refractivity contribution in [2.45, 2.75) is 6.42 Å². The third-order valence-electron chi connectivity index (χ3n) is 3.77. The predicted molar refractivity (Wildman–Crippen MR) is 102 cm³/mol. The van der Waals surface area contributed by atoms with E-state index in [0.29, 0.717) is 34.0 Å². The molecule has 126 valence electrons. The van der Waals surface area contributed by atoms with Crippen molar-refractivity contribution in [3.63, 3.8) is 0 Å². The third-order valence-corrected chi connectivity index (χ3v) is 4.89. The minimum absolute atomic E-state index is 0.126. The van der Waals surface area contributed by atoms with Gasteiger partial charge in [0.05, 0.1) is 10.4 Å². The standard InChI is InChI=1S/C20H16ClNO2S/c21-15-9-7-14(8-10-15)11-12-22-20(24)17-5-2-1-4-16(17)19(23)18-6-3-13-25-18/h1-10,13H,11-12H2,(H,22,24). The summed E-state index contributed by atoms with van der Waals surface area (Å²) in [7, 11) is 0. The lowest BCUT2D eigenvalue weighted by molar-refractivity contribution is 0.0943. The van der Waals surface area contributed by atoms with Crippen molar-refractivity contribution in [1.82, 2.24) is 5.32 Å². The average Bonchev–Trinajstić information content (AvgIpc) is 3.17. The van der Waals surface area contributed by atoms with Gasteiger partial charge in [-0.3, -0.25) is 9.59 Å². The maximum atomic E-state index is 12.6. The summed E-state index contributed by atoms with van der Waals surface area (Å²) in [5, 5.41) is 5.42. The Hall–Kier alpha value is -2.43. The highest BCUT2D eigenvalue weighted by atomic mass is 35.5. The summed E-state index contributed by atoms with van der Waals surface area (Å²) in [6, 6.07) is 18.0. The summed E-state index contributed by atoms with van der Waals surface area (Å²) in [6.07, 6.45) is 0.698. The van der Waals surface area contributed by atoms with Gasteiger partial charge in [0.1, 0.15) is 0 Å². The summed E-state index contributed by atoms with van der Waals surface area (Å²) in [4.78, 5) is 25.7. The lowest BCUT2D eigenvalue weighted by atomic mass is 10.0. The minimum Gasteiger partial charge on any atom is -0.352 e. The number of hydrogen-bond donors (Lipinski definition) is 1. The lowest BCUT2D eigenvalue weighted by Crippen LogP contribution is -2.27. The second-order valence-electron chi connectivity index (χ2n) is 5.48. The van der Waals surface area contributed by atoms with Gasteiger partial charge in [0.2, 0.25) is 5.78 Å². The van der Waals surface area contributed by atoms with Crippen LogP contribution in [0, 0.1) is 0 Å². The molecule has 0 saturated carbocycles. The van der Waals surface area contributed by atoms with Crippen molar-refractivity contribution < 1.29 is 9.59 Å². The first-order valence-electron chi connectivity index (χ1n) is 7.85. The van der Waals surface area contributed by atoms with Gasteiger partial charge in [-0.05, 0) is 41.6 Å². The van der Waals surface area contributed by atoms with Crippen molar-refractivity contribution in [2.75, 3.05) is 6.54 Å². The van der Waals surface area contributed by atoms with Crippen LogP contribution in [0.3, 0.4) is 0 Å². The topological polar surface area (TPSA) is 46.2 Å². The molecule has 1 amide bonds. The Labute approximate surface area is 155 Å². The van der Waals surface area contributed by atoms with E-state index in [4.69, 9.17) is 11.6 Å². The lowest BCUT2D eigenvalue weighted by Gasteiger charge is -2.09. The molecule has 0 radical (unpaired) electrons. The van der Waals surface area contributed by atoms with E-state index < -0.39 is 0 Å². The largest absolute Gasteiger partial charge is 0.352 e. The van der Waals surface area contributed by atoms with E-state index in [-0.39, 0.29) is 11.7 Å². The SMILES string of the molecule is O=C(NCCc1ccc(Cl)cc1)c1ccccc1C(=O)c1cccs1. The van der Waals surface area contributed by atoms with Gasteiger partial charge in [0.25, 0.3) is 5.91 Å². The Morgan fingerprint density at radius 1 is 0.920 bits per heavy atom. The van der Waals surface area contributed by atoms with Crippen LogP contribution in [0.4, 0.5) is 0 Å². The van der Waals surface area contributed by atoms with E-state index in [1.165, 1.54) is 11.3 Å². The molecule has 0 saturated heterocycles. The normalized spacial score (nSPS) is 10.4. The highest BCUT2D eigenvalue weighted by Crippen LogP contribution is 2.18. The zero-order valence-electron chi connectivity index (χ0n) is 13.4. The molecule has 3 nitrogen and oxygen atoms in total. The molecule has 0 bridgehead atoms. The van der Waals surface area contributed by atoms with Gasteiger partial charge in [-0.15, -0.1) is 11.3 Å². The average molecular weight is 370 g/mol. The van der Waals surface area contributed by atoms with Crippen LogP contribution in [0.5, 0.6) is 0 Å². The van der Waals surface area contributed by atoms with E-state index in [1.54, 1.807) is 30.3 Å². The van der Waals surface area contributed by atoms with Crippen LogP contribution in [0.2, 0.25) is 5.02 Å². The number of hydrogen-bond acceptors (Lipinski definition) is 3. The Kier molecular flexibility index (Phi) is 5.64. The molecule has 0 atom stereocenters. The molecule has 0 aliphatic heterocycles. The molecule has 3 aromatic rings. The molecule has 3 rings (SSSR count). The zero-order chi connectivity index (χ0) is 17.6. The highest BCUT2D eigenvalue weighted by molar-refractivity contribution is 7.12. The second kappa shape index (κ2) is 8.10. The van der Waals surface area contributed by atoms with Gasteiger partial charge in [-0.1, -0.05) is 48.0 Å². The molecule has 1 aromatic heterocycles. The maximum Gasteiger partial charge on any atom is 0.252 e. The fourth-order valence-corrected chi connectivity index (χ4v) is 3.29. The minimum atomic E-state index is -0.241. The fourth-order valence-electron chi connectivity index (χ4n) is 2.49. The summed E-state index contributed by atoms with van der Waals surface area (Å²) < 4.78 is 0. The second-order valence-corrected chi connectivity index (χ2v) is 6.87. The number of amides is 1. The van der Waals surface area contributed by atoms with Gasteiger partial charge >= 0.3 is 0 Å². The van der Waals surface area contributed by atoms with E-state index in [0.717, 1.165) is 5.56 Å². The van der Waals surface area contributed by atoms with Gasteiger partial charge in [-0.2, -0.15) is 0 Å². The first kappa shape index (κ1) is 17.4. The van der Waals surface area contributed by atoms with Crippen molar-refractivity contribution in [1.29, 1.82) is 0 Å². The molecule has 0 unspecified atom stereocenters. The summed E-state index contributed by atoms with van der Waals surface area (Å²) in [5.74, 6) is -0.368. The van der Waals surface area contributed by atoms with E-state index >= 15 is 0 Å². The number of nitrogens with one attached hydrogen (secondary N) is 1. The van der Waals surface area contributed by atoms with Crippen LogP contribution < -0.4 is 5.32 Å². The molecule has 0 aliphatic carbocycles. The van der Waals surface area contributed by atoms with Crippen molar-refractivity contribution in [2.24, 2.45) is 0 Å². The van der Waals surface area contributed by atoms with Gasteiger partial charge in [0.15, 0.2) is 0 Å². The first-order valence-corrected chi connectivity index (χ1v) is 9.11. The molecular formula is C20H16ClNO2S. The Balaban J connectivity index is 1.68. The molecule has 5 heteroatoms. The van der Waals surface area contributed by atoms with E-state index in [9.17, 15) is 9.59 Å². The number of carbonyl (C=O) groups is 2. The van der Waals surface area contributed by atoms with Crippen molar-refractivity contribution >= 4 is 34.6 Å². The predicted octanol–water partition coefficient (Wildman–Crippen LogP) is 4.61.